The minimum Gasteiger partial charge on any atom is -0.379 e. The van der Waals surface area contributed by atoms with Crippen molar-refractivity contribution in [2.45, 2.75) is 33.4 Å². The number of benzene rings is 1. The van der Waals surface area contributed by atoms with Gasteiger partial charge in [0.15, 0.2) is 0 Å². The molecule has 1 heterocycles. The number of pyridine rings is 1. The number of nitrogens with zero attached hydrogens (tertiary/aromatic N) is 2. The van der Waals surface area contributed by atoms with E-state index in [2.05, 4.69) is 10.3 Å². The largest absolute Gasteiger partial charge is 0.379 e. The number of hydrogen-bond acceptors (Lipinski definition) is 3. The Morgan fingerprint density at radius 3 is 2.57 bits per heavy atom. The zero-order valence-electron chi connectivity index (χ0n) is 13.0. The molecule has 0 atom stereocenters. The summed E-state index contributed by atoms with van der Waals surface area (Å²) in [5.74, 6) is -0.215. The highest BCUT2D eigenvalue weighted by Gasteiger charge is 2.10. The highest BCUT2D eigenvalue weighted by atomic mass is 19.1. The van der Waals surface area contributed by atoms with Crippen molar-refractivity contribution in [2.24, 2.45) is 0 Å². The van der Waals surface area contributed by atoms with E-state index < -0.39 is 0 Å². The molecule has 21 heavy (non-hydrogen) atoms. The Morgan fingerprint density at radius 1 is 1.24 bits per heavy atom. The van der Waals surface area contributed by atoms with Crippen molar-refractivity contribution in [3.63, 3.8) is 0 Å². The highest BCUT2D eigenvalue weighted by molar-refractivity contribution is 5.56. The van der Waals surface area contributed by atoms with Crippen LogP contribution in [0, 0.1) is 12.7 Å². The van der Waals surface area contributed by atoms with Crippen LogP contribution in [-0.4, -0.2) is 18.1 Å². The van der Waals surface area contributed by atoms with Gasteiger partial charge in [-0.1, -0.05) is 6.07 Å². The Morgan fingerprint density at radius 2 is 2.00 bits per heavy atom. The van der Waals surface area contributed by atoms with E-state index >= 15 is 0 Å². The number of nitrogens with one attached hydrogen (secondary N) is 1. The van der Waals surface area contributed by atoms with Gasteiger partial charge in [-0.05, 0) is 50.6 Å². The van der Waals surface area contributed by atoms with Crippen molar-refractivity contribution in [2.75, 3.05) is 17.3 Å². The maximum atomic E-state index is 14.1. The molecule has 0 spiro atoms. The fourth-order valence-electron chi connectivity index (χ4n) is 1.98. The molecule has 4 heteroatoms. The molecule has 0 saturated heterocycles. The molecular formula is C17H22FN3. The van der Waals surface area contributed by atoms with Crippen LogP contribution in [0.3, 0.4) is 0 Å². The first-order valence-corrected chi connectivity index (χ1v) is 7.15. The normalized spacial score (nSPS) is 10.8. The second-order valence-corrected chi connectivity index (χ2v) is 5.55. The molecule has 1 aromatic carbocycles. The monoisotopic (exact) mass is 287 g/mol. The number of rotatable bonds is 5. The van der Waals surface area contributed by atoms with E-state index in [0.717, 1.165) is 16.9 Å². The van der Waals surface area contributed by atoms with E-state index in [1.807, 2.05) is 57.1 Å². The van der Waals surface area contributed by atoms with Gasteiger partial charge in [-0.3, -0.25) is 4.98 Å². The summed E-state index contributed by atoms with van der Waals surface area (Å²) in [5.41, 5.74) is 3.44. The van der Waals surface area contributed by atoms with Crippen LogP contribution in [0.5, 0.6) is 0 Å². The van der Waals surface area contributed by atoms with E-state index in [9.17, 15) is 4.39 Å². The number of aryl methyl sites for hydroxylation is 1. The number of halogens is 1. The molecule has 2 aromatic rings. The van der Waals surface area contributed by atoms with Gasteiger partial charge in [0, 0.05) is 25.0 Å². The van der Waals surface area contributed by atoms with Gasteiger partial charge in [0.25, 0.3) is 0 Å². The molecule has 0 saturated carbocycles. The molecule has 0 fully saturated rings. The lowest BCUT2D eigenvalue weighted by Gasteiger charge is -2.24. The molecule has 0 aliphatic heterocycles. The summed E-state index contributed by atoms with van der Waals surface area (Å²) >= 11 is 0. The third kappa shape index (κ3) is 3.94. The van der Waals surface area contributed by atoms with Gasteiger partial charge in [-0.2, -0.15) is 0 Å². The smallest absolute Gasteiger partial charge is 0.148 e. The fourth-order valence-corrected chi connectivity index (χ4v) is 1.98. The second kappa shape index (κ2) is 6.57. The molecule has 112 valence electrons. The molecule has 1 N–H and O–H groups in total. The highest BCUT2D eigenvalue weighted by Crippen LogP contribution is 2.23. The molecular weight excluding hydrogens is 265 g/mol. The van der Waals surface area contributed by atoms with Crippen LogP contribution in [0.2, 0.25) is 0 Å². The topological polar surface area (TPSA) is 28.2 Å². The summed E-state index contributed by atoms with van der Waals surface area (Å²) in [7, 11) is 1.90. The molecule has 0 aliphatic carbocycles. The lowest BCUT2D eigenvalue weighted by molar-refractivity contribution is 0.614. The zero-order valence-corrected chi connectivity index (χ0v) is 13.0. The van der Waals surface area contributed by atoms with Gasteiger partial charge in [-0.25, -0.2) is 4.39 Å². The Balaban J connectivity index is 2.05. The van der Waals surface area contributed by atoms with Crippen molar-refractivity contribution in [3.8, 4) is 0 Å². The fraction of sp³-hybridized carbons (Fsp3) is 0.353. The van der Waals surface area contributed by atoms with E-state index in [1.54, 1.807) is 6.07 Å². The molecule has 2 rings (SSSR count). The SMILES string of the molecule is Cc1ccc(CNc2ccc(N(C)C(C)C)c(F)c2)nc1. The van der Waals surface area contributed by atoms with E-state index in [-0.39, 0.29) is 11.9 Å². The molecule has 1 aromatic heterocycles. The minimum atomic E-state index is -0.215. The Hall–Kier alpha value is -2.10. The summed E-state index contributed by atoms with van der Waals surface area (Å²) in [4.78, 5) is 6.24. The zero-order chi connectivity index (χ0) is 15.4. The third-order valence-electron chi connectivity index (χ3n) is 3.55. The standard InChI is InChI=1S/C17H22FN3/c1-12(2)21(4)17-8-7-14(9-16(17)18)20-11-15-6-5-13(3)10-19-15/h5-10,12,20H,11H2,1-4H3. The average Bonchev–Trinajstić information content (AvgIpc) is 2.46. The summed E-state index contributed by atoms with van der Waals surface area (Å²) in [6.07, 6.45) is 1.83. The quantitative estimate of drug-likeness (QED) is 0.901. The van der Waals surface area contributed by atoms with Crippen LogP contribution in [0.25, 0.3) is 0 Å². The molecule has 0 bridgehead atoms. The molecule has 0 unspecified atom stereocenters. The van der Waals surface area contributed by atoms with Crippen molar-refractivity contribution in [1.82, 2.24) is 4.98 Å². The summed E-state index contributed by atoms with van der Waals surface area (Å²) in [6, 6.07) is 9.48. The predicted octanol–water partition coefficient (Wildman–Crippen LogP) is 3.99. The summed E-state index contributed by atoms with van der Waals surface area (Å²) in [5, 5.41) is 3.20. The van der Waals surface area contributed by atoms with Crippen LogP contribution in [0.1, 0.15) is 25.1 Å². The van der Waals surface area contributed by atoms with Gasteiger partial charge in [-0.15, -0.1) is 0 Å². The Kier molecular flexibility index (Phi) is 4.78. The van der Waals surface area contributed by atoms with Gasteiger partial charge in [0.2, 0.25) is 0 Å². The first-order chi connectivity index (χ1) is 9.97. The first-order valence-electron chi connectivity index (χ1n) is 7.15. The Labute approximate surface area is 125 Å². The second-order valence-electron chi connectivity index (χ2n) is 5.55. The van der Waals surface area contributed by atoms with E-state index in [4.69, 9.17) is 0 Å². The molecule has 0 aliphatic rings. The average molecular weight is 287 g/mol. The predicted molar refractivity (Wildman–Crippen MR) is 86.2 cm³/mol. The summed E-state index contributed by atoms with van der Waals surface area (Å²) < 4.78 is 14.1. The van der Waals surface area contributed by atoms with Gasteiger partial charge >= 0.3 is 0 Å². The van der Waals surface area contributed by atoms with Crippen molar-refractivity contribution in [3.05, 3.63) is 53.6 Å². The third-order valence-corrected chi connectivity index (χ3v) is 3.55. The first kappa shape index (κ1) is 15.3. The van der Waals surface area contributed by atoms with E-state index in [1.165, 1.54) is 6.07 Å². The van der Waals surface area contributed by atoms with Crippen molar-refractivity contribution < 1.29 is 4.39 Å². The van der Waals surface area contributed by atoms with Crippen molar-refractivity contribution >= 4 is 11.4 Å². The Bertz CT molecular complexity index is 593. The maximum absolute atomic E-state index is 14.1. The summed E-state index contributed by atoms with van der Waals surface area (Å²) in [6.45, 7) is 6.66. The molecule has 0 radical (unpaired) electrons. The van der Waals surface area contributed by atoms with Crippen LogP contribution in [0.15, 0.2) is 36.5 Å². The number of hydrogen-bond donors (Lipinski definition) is 1. The van der Waals surface area contributed by atoms with Crippen LogP contribution in [0.4, 0.5) is 15.8 Å². The minimum absolute atomic E-state index is 0.215. The van der Waals surface area contributed by atoms with Crippen LogP contribution < -0.4 is 10.2 Å². The lowest BCUT2D eigenvalue weighted by atomic mass is 10.2. The van der Waals surface area contributed by atoms with Gasteiger partial charge < -0.3 is 10.2 Å². The van der Waals surface area contributed by atoms with Gasteiger partial charge in [0.05, 0.1) is 17.9 Å². The number of anilines is 2. The lowest BCUT2D eigenvalue weighted by Crippen LogP contribution is -2.26. The van der Waals surface area contributed by atoms with E-state index in [0.29, 0.717) is 12.2 Å². The molecule has 0 amide bonds. The maximum Gasteiger partial charge on any atom is 0.148 e. The van der Waals surface area contributed by atoms with Crippen molar-refractivity contribution in [1.29, 1.82) is 0 Å². The van der Waals surface area contributed by atoms with Crippen LogP contribution >= 0.6 is 0 Å². The van der Waals surface area contributed by atoms with Gasteiger partial charge in [0.1, 0.15) is 5.82 Å². The van der Waals surface area contributed by atoms with Crippen LogP contribution in [-0.2, 0) is 6.54 Å². The number of aromatic nitrogens is 1. The molecule has 3 nitrogen and oxygen atoms in total.